The second-order valence-corrected chi connectivity index (χ2v) is 8.24. The van der Waals surface area contributed by atoms with E-state index in [0.717, 1.165) is 0 Å². The van der Waals surface area contributed by atoms with Crippen LogP contribution in [0, 0.1) is 13.8 Å². The van der Waals surface area contributed by atoms with Crippen molar-refractivity contribution in [3.63, 3.8) is 0 Å². The molecule has 2 heterocycles. The summed E-state index contributed by atoms with van der Waals surface area (Å²) in [5, 5.41) is 5.09. The highest BCUT2D eigenvalue weighted by atomic mass is 32.1. The van der Waals surface area contributed by atoms with Crippen LogP contribution < -0.4 is 5.32 Å². The van der Waals surface area contributed by atoms with Crippen LogP contribution in [0.15, 0.2) is 36.4 Å². The van der Waals surface area contributed by atoms with Crippen molar-refractivity contribution in [1.82, 2.24) is 5.32 Å². The van der Waals surface area contributed by atoms with E-state index in [1.807, 2.05) is 22.7 Å². The van der Waals surface area contributed by atoms with Gasteiger partial charge in [-0.15, -0.1) is 22.7 Å². The Labute approximate surface area is 134 Å². The first-order chi connectivity index (χ1) is 10.0. The smallest absolute Gasteiger partial charge is 0.0391 e. The Balaban J connectivity index is 1.79. The molecule has 2 aromatic heterocycles. The van der Waals surface area contributed by atoms with Crippen LogP contribution in [-0.2, 0) is 0 Å². The van der Waals surface area contributed by atoms with Gasteiger partial charge in [0.2, 0.25) is 0 Å². The molecule has 110 valence electrons. The van der Waals surface area contributed by atoms with Gasteiger partial charge in [0.25, 0.3) is 0 Å². The molecule has 2 unspecified atom stereocenters. The van der Waals surface area contributed by atoms with Crippen molar-refractivity contribution >= 4 is 32.8 Å². The number of hydrogen-bond acceptors (Lipinski definition) is 3. The Kier molecular flexibility index (Phi) is 4.16. The summed E-state index contributed by atoms with van der Waals surface area (Å²) < 4.78 is 1.37. The molecule has 0 spiro atoms. The molecule has 21 heavy (non-hydrogen) atoms. The zero-order valence-electron chi connectivity index (χ0n) is 12.9. The van der Waals surface area contributed by atoms with Gasteiger partial charge in [0.1, 0.15) is 0 Å². The Morgan fingerprint density at radius 1 is 0.952 bits per heavy atom. The lowest BCUT2D eigenvalue weighted by molar-refractivity contribution is 0.500. The maximum Gasteiger partial charge on any atom is 0.0391 e. The summed E-state index contributed by atoms with van der Waals surface area (Å²) in [6, 6.07) is 14.0. The molecule has 0 aliphatic carbocycles. The van der Waals surface area contributed by atoms with Crippen molar-refractivity contribution in [2.24, 2.45) is 0 Å². The van der Waals surface area contributed by atoms with Gasteiger partial charge in [-0.2, -0.15) is 0 Å². The summed E-state index contributed by atoms with van der Waals surface area (Å²) in [7, 11) is 0. The fourth-order valence-corrected chi connectivity index (χ4v) is 4.94. The van der Waals surface area contributed by atoms with E-state index in [1.165, 1.54) is 30.3 Å². The highest BCUT2D eigenvalue weighted by Gasteiger charge is 2.16. The second kappa shape index (κ2) is 5.91. The maximum absolute atomic E-state index is 3.74. The predicted octanol–water partition coefficient (Wildman–Crippen LogP) is 5.99. The van der Waals surface area contributed by atoms with Crippen LogP contribution >= 0.6 is 22.7 Å². The molecule has 0 aliphatic rings. The normalized spacial score (nSPS) is 14.5. The van der Waals surface area contributed by atoms with Crippen LogP contribution in [0.3, 0.4) is 0 Å². The third kappa shape index (κ3) is 3.05. The minimum atomic E-state index is 0.372. The molecular formula is C18H21NS2. The number of rotatable bonds is 4. The fourth-order valence-electron chi connectivity index (χ4n) is 2.84. The molecule has 2 atom stereocenters. The molecule has 0 bridgehead atoms. The van der Waals surface area contributed by atoms with Gasteiger partial charge < -0.3 is 5.32 Å². The van der Waals surface area contributed by atoms with Gasteiger partial charge in [-0.05, 0) is 56.8 Å². The Hall–Kier alpha value is -1.16. The number of nitrogens with one attached hydrogen (secondary N) is 1. The van der Waals surface area contributed by atoms with Crippen LogP contribution in [0.1, 0.15) is 46.1 Å². The monoisotopic (exact) mass is 315 g/mol. The van der Waals surface area contributed by atoms with Crippen molar-refractivity contribution < 1.29 is 0 Å². The minimum absolute atomic E-state index is 0.372. The van der Waals surface area contributed by atoms with E-state index >= 15 is 0 Å². The molecule has 0 fully saturated rings. The lowest BCUT2D eigenvalue weighted by Crippen LogP contribution is -2.21. The molecule has 0 aliphatic heterocycles. The number of fused-ring (bicyclic) bond motifs is 1. The summed E-state index contributed by atoms with van der Waals surface area (Å²) in [6.07, 6.45) is 0. The molecule has 3 aromatic rings. The number of thiophene rings is 2. The Morgan fingerprint density at radius 3 is 2.38 bits per heavy atom. The molecule has 1 N–H and O–H groups in total. The molecule has 0 radical (unpaired) electrons. The maximum atomic E-state index is 3.74. The predicted molar refractivity (Wildman–Crippen MR) is 95.6 cm³/mol. The number of benzene rings is 1. The molecular weight excluding hydrogens is 294 g/mol. The first kappa shape index (κ1) is 14.8. The minimum Gasteiger partial charge on any atom is -0.303 e. The molecule has 0 amide bonds. The molecule has 3 rings (SSSR count). The summed E-state index contributed by atoms with van der Waals surface area (Å²) >= 11 is 3.78. The van der Waals surface area contributed by atoms with E-state index in [0.29, 0.717) is 12.1 Å². The van der Waals surface area contributed by atoms with E-state index in [4.69, 9.17) is 0 Å². The lowest BCUT2D eigenvalue weighted by Gasteiger charge is -2.19. The Bertz CT molecular complexity index is 721. The van der Waals surface area contributed by atoms with Gasteiger partial charge in [0.05, 0.1) is 0 Å². The average Bonchev–Trinajstić information content (AvgIpc) is 3.01. The standard InChI is InChI=1S/C18H21NS2/c1-11-9-16(14(4)20-11)12(2)19-13(3)18-10-15-7-5-6-8-17(15)21-18/h5-10,12-13,19H,1-4H3. The third-order valence-corrected chi connectivity index (χ3v) is 6.20. The first-order valence-corrected chi connectivity index (χ1v) is 8.99. The summed E-state index contributed by atoms with van der Waals surface area (Å²) in [5.41, 5.74) is 1.44. The highest BCUT2D eigenvalue weighted by molar-refractivity contribution is 7.19. The van der Waals surface area contributed by atoms with Crippen LogP contribution in [0.4, 0.5) is 0 Å². The Morgan fingerprint density at radius 2 is 1.71 bits per heavy atom. The average molecular weight is 316 g/mol. The van der Waals surface area contributed by atoms with E-state index in [2.05, 4.69) is 69.4 Å². The van der Waals surface area contributed by atoms with E-state index in [-0.39, 0.29) is 0 Å². The topological polar surface area (TPSA) is 12.0 Å². The SMILES string of the molecule is Cc1cc(C(C)NC(C)c2cc3ccccc3s2)c(C)s1. The third-order valence-electron chi connectivity index (χ3n) is 3.92. The summed E-state index contributed by atoms with van der Waals surface area (Å²) in [6.45, 7) is 8.92. The van der Waals surface area contributed by atoms with Crippen molar-refractivity contribution in [3.05, 3.63) is 56.6 Å². The van der Waals surface area contributed by atoms with Crippen molar-refractivity contribution in [2.75, 3.05) is 0 Å². The number of hydrogen-bond donors (Lipinski definition) is 1. The molecule has 1 aromatic carbocycles. The quantitative estimate of drug-likeness (QED) is 0.623. The zero-order chi connectivity index (χ0) is 15.0. The van der Waals surface area contributed by atoms with Crippen molar-refractivity contribution in [1.29, 1.82) is 0 Å². The van der Waals surface area contributed by atoms with Gasteiger partial charge >= 0.3 is 0 Å². The van der Waals surface area contributed by atoms with E-state index in [9.17, 15) is 0 Å². The van der Waals surface area contributed by atoms with E-state index in [1.54, 1.807) is 0 Å². The van der Waals surface area contributed by atoms with Gasteiger partial charge in [0.15, 0.2) is 0 Å². The van der Waals surface area contributed by atoms with Crippen molar-refractivity contribution in [2.45, 2.75) is 39.8 Å². The number of aryl methyl sites for hydroxylation is 2. The molecule has 0 saturated carbocycles. The lowest BCUT2D eigenvalue weighted by atomic mass is 10.1. The van der Waals surface area contributed by atoms with Crippen LogP contribution in [0.2, 0.25) is 0 Å². The van der Waals surface area contributed by atoms with Crippen molar-refractivity contribution in [3.8, 4) is 0 Å². The van der Waals surface area contributed by atoms with Crippen LogP contribution in [0.5, 0.6) is 0 Å². The van der Waals surface area contributed by atoms with Gasteiger partial charge in [-0.3, -0.25) is 0 Å². The fraction of sp³-hybridized carbons (Fsp3) is 0.333. The molecule has 0 saturated heterocycles. The second-order valence-electron chi connectivity index (χ2n) is 5.67. The van der Waals surface area contributed by atoms with Crippen LogP contribution in [0.25, 0.3) is 10.1 Å². The van der Waals surface area contributed by atoms with Gasteiger partial charge in [-0.25, -0.2) is 0 Å². The zero-order valence-corrected chi connectivity index (χ0v) is 14.6. The molecule has 1 nitrogen and oxygen atoms in total. The van der Waals surface area contributed by atoms with Gasteiger partial charge in [0, 0.05) is 31.4 Å². The van der Waals surface area contributed by atoms with Crippen LogP contribution in [-0.4, -0.2) is 0 Å². The molecule has 3 heteroatoms. The largest absolute Gasteiger partial charge is 0.303 e. The summed E-state index contributed by atoms with van der Waals surface area (Å²) in [4.78, 5) is 4.23. The van der Waals surface area contributed by atoms with E-state index < -0.39 is 0 Å². The van der Waals surface area contributed by atoms with Gasteiger partial charge in [-0.1, -0.05) is 18.2 Å². The summed E-state index contributed by atoms with van der Waals surface area (Å²) in [5.74, 6) is 0. The highest BCUT2D eigenvalue weighted by Crippen LogP contribution is 2.32. The first-order valence-electron chi connectivity index (χ1n) is 7.36.